The Morgan fingerprint density at radius 2 is 2.07 bits per heavy atom. The van der Waals surface area contributed by atoms with Crippen LogP contribution in [0.5, 0.6) is 11.5 Å². The van der Waals surface area contributed by atoms with E-state index in [0.29, 0.717) is 40.2 Å². The predicted octanol–water partition coefficient (Wildman–Crippen LogP) is 3.18. The first-order valence-corrected chi connectivity index (χ1v) is 10.4. The highest BCUT2D eigenvalue weighted by Gasteiger charge is 2.27. The lowest BCUT2D eigenvalue weighted by Crippen LogP contribution is -2.25. The molecule has 1 atom stereocenters. The van der Waals surface area contributed by atoms with Crippen molar-refractivity contribution in [2.75, 3.05) is 12.4 Å². The number of carbonyl (C=O) groups excluding carboxylic acids is 1. The Bertz CT molecular complexity index is 1070. The molecule has 0 spiro atoms. The van der Waals surface area contributed by atoms with E-state index in [1.165, 1.54) is 17.8 Å². The highest BCUT2D eigenvalue weighted by Crippen LogP contribution is 2.35. The molecule has 156 valence electrons. The quantitative estimate of drug-likeness (QED) is 0.608. The highest BCUT2D eigenvalue weighted by molar-refractivity contribution is 7.99. The fourth-order valence-electron chi connectivity index (χ4n) is 3.01. The molecule has 2 heterocycles. The van der Waals surface area contributed by atoms with Gasteiger partial charge in [0.15, 0.2) is 28.6 Å². The van der Waals surface area contributed by atoms with Crippen LogP contribution in [0.2, 0.25) is 0 Å². The summed E-state index contributed by atoms with van der Waals surface area (Å²) in [5, 5.41) is 11.8. The standard InChI is InChI=1S/C21H21FN4O3S/c1-13-7-8-14(9-15(13)22)10-23-19(27)12-30-21-25-24-20(26(21)2)18-11-28-16-5-3-4-6-17(16)29-18/h3-9,18H,10-12H2,1-2H3,(H,23,27). The van der Waals surface area contributed by atoms with Gasteiger partial charge in [0.2, 0.25) is 5.91 Å². The Kier molecular flexibility index (Phi) is 5.89. The van der Waals surface area contributed by atoms with Crippen molar-refractivity contribution in [2.24, 2.45) is 7.05 Å². The number of thioether (sulfide) groups is 1. The average Bonchev–Trinajstić information content (AvgIpc) is 3.13. The number of halogens is 1. The van der Waals surface area contributed by atoms with Crippen molar-refractivity contribution < 1.29 is 18.7 Å². The Balaban J connectivity index is 1.32. The van der Waals surface area contributed by atoms with E-state index in [0.717, 1.165) is 0 Å². The van der Waals surface area contributed by atoms with Crippen molar-refractivity contribution in [3.05, 3.63) is 65.2 Å². The monoisotopic (exact) mass is 428 g/mol. The van der Waals surface area contributed by atoms with Crippen LogP contribution in [0.15, 0.2) is 47.6 Å². The molecule has 1 aromatic heterocycles. The van der Waals surface area contributed by atoms with Crippen molar-refractivity contribution in [1.82, 2.24) is 20.1 Å². The topological polar surface area (TPSA) is 78.3 Å². The summed E-state index contributed by atoms with van der Waals surface area (Å²) in [6.45, 7) is 2.31. The number of nitrogens with zero attached hydrogens (tertiary/aromatic N) is 3. The molecule has 3 aromatic rings. The van der Waals surface area contributed by atoms with Crippen molar-refractivity contribution in [2.45, 2.75) is 24.7 Å². The number of aryl methyl sites for hydroxylation is 1. The van der Waals surface area contributed by atoms with E-state index < -0.39 is 0 Å². The number of hydrogen-bond acceptors (Lipinski definition) is 6. The van der Waals surface area contributed by atoms with Gasteiger partial charge in [-0.25, -0.2) is 4.39 Å². The van der Waals surface area contributed by atoms with Crippen molar-refractivity contribution >= 4 is 17.7 Å². The molecule has 1 N–H and O–H groups in total. The summed E-state index contributed by atoms with van der Waals surface area (Å²) < 4.78 is 27.1. The first kappa shape index (κ1) is 20.2. The Hall–Kier alpha value is -3.07. The van der Waals surface area contributed by atoms with Gasteiger partial charge in [0.05, 0.1) is 5.75 Å². The third-order valence-corrected chi connectivity index (χ3v) is 5.74. The van der Waals surface area contributed by atoms with Crippen LogP contribution in [0.1, 0.15) is 23.1 Å². The van der Waals surface area contributed by atoms with E-state index >= 15 is 0 Å². The van der Waals surface area contributed by atoms with Crippen LogP contribution in [0.3, 0.4) is 0 Å². The second-order valence-corrected chi connectivity index (χ2v) is 7.86. The van der Waals surface area contributed by atoms with Crippen molar-refractivity contribution in [3.8, 4) is 11.5 Å². The highest BCUT2D eigenvalue weighted by atomic mass is 32.2. The summed E-state index contributed by atoms with van der Waals surface area (Å²) in [6, 6.07) is 12.4. The minimum absolute atomic E-state index is 0.170. The zero-order chi connectivity index (χ0) is 21.1. The molecule has 1 aliphatic heterocycles. The number of ether oxygens (including phenoxy) is 2. The third-order valence-electron chi connectivity index (χ3n) is 4.72. The normalized spacial score (nSPS) is 15.1. The SMILES string of the molecule is Cc1ccc(CNC(=O)CSc2nnc(C3COc4ccccc4O3)n2C)cc1F. The van der Waals surface area contributed by atoms with Gasteiger partial charge in [0.1, 0.15) is 12.4 Å². The number of carbonyl (C=O) groups is 1. The maximum absolute atomic E-state index is 13.6. The molecule has 0 saturated heterocycles. The van der Waals surface area contributed by atoms with Gasteiger partial charge in [-0.15, -0.1) is 10.2 Å². The molecule has 9 heteroatoms. The molecule has 1 unspecified atom stereocenters. The molecule has 1 amide bonds. The zero-order valence-corrected chi connectivity index (χ0v) is 17.4. The van der Waals surface area contributed by atoms with Gasteiger partial charge in [-0.1, -0.05) is 36.0 Å². The summed E-state index contributed by atoms with van der Waals surface area (Å²) in [5.41, 5.74) is 1.29. The molecule has 0 fully saturated rings. The largest absolute Gasteiger partial charge is 0.485 e. The van der Waals surface area contributed by atoms with E-state index in [9.17, 15) is 9.18 Å². The molecule has 2 aromatic carbocycles. The fraction of sp³-hybridized carbons (Fsp3) is 0.286. The van der Waals surface area contributed by atoms with Gasteiger partial charge < -0.3 is 19.4 Å². The first-order valence-electron chi connectivity index (χ1n) is 9.43. The lowest BCUT2D eigenvalue weighted by Gasteiger charge is -2.25. The van der Waals surface area contributed by atoms with Gasteiger partial charge in [0, 0.05) is 13.6 Å². The average molecular weight is 428 g/mol. The molecule has 0 radical (unpaired) electrons. The van der Waals surface area contributed by atoms with E-state index in [1.54, 1.807) is 23.6 Å². The molecule has 0 saturated carbocycles. The third kappa shape index (κ3) is 4.40. The lowest BCUT2D eigenvalue weighted by atomic mass is 10.1. The second kappa shape index (κ2) is 8.74. The first-order chi connectivity index (χ1) is 14.5. The van der Waals surface area contributed by atoms with Crippen molar-refractivity contribution in [1.29, 1.82) is 0 Å². The minimum atomic E-state index is -0.378. The van der Waals surface area contributed by atoms with E-state index in [1.807, 2.05) is 31.3 Å². The molecule has 0 aliphatic carbocycles. The maximum atomic E-state index is 13.6. The summed E-state index contributed by atoms with van der Waals surface area (Å²) in [7, 11) is 1.83. The molecule has 4 rings (SSSR count). The van der Waals surface area contributed by atoms with E-state index in [-0.39, 0.29) is 30.1 Å². The molecular weight excluding hydrogens is 407 g/mol. The predicted molar refractivity (Wildman–Crippen MR) is 110 cm³/mol. The minimum Gasteiger partial charge on any atom is -0.485 e. The smallest absolute Gasteiger partial charge is 0.230 e. The number of aromatic nitrogens is 3. The number of benzene rings is 2. The van der Waals surface area contributed by atoms with Crippen LogP contribution < -0.4 is 14.8 Å². The fourth-order valence-corrected chi connectivity index (χ4v) is 3.76. The number of para-hydroxylation sites is 2. The molecular formula is C21H21FN4O3S. The van der Waals surface area contributed by atoms with Crippen LogP contribution in [0.25, 0.3) is 0 Å². The van der Waals surface area contributed by atoms with E-state index in [2.05, 4.69) is 15.5 Å². The summed E-state index contributed by atoms with van der Waals surface area (Å²) >= 11 is 1.27. The molecule has 1 aliphatic rings. The Morgan fingerprint density at radius 3 is 2.87 bits per heavy atom. The van der Waals surface area contributed by atoms with Gasteiger partial charge in [-0.2, -0.15) is 0 Å². The number of amides is 1. The number of fused-ring (bicyclic) bond motifs is 1. The van der Waals surface area contributed by atoms with Gasteiger partial charge >= 0.3 is 0 Å². The number of nitrogens with one attached hydrogen (secondary N) is 1. The lowest BCUT2D eigenvalue weighted by molar-refractivity contribution is -0.118. The van der Waals surface area contributed by atoms with Crippen LogP contribution in [-0.4, -0.2) is 33.0 Å². The summed E-state index contributed by atoms with van der Waals surface area (Å²) in [5.74, 6) is 1.72. The van der Waals surface area contributed by atoms with Gasteiger partial charge in [0.25, 0.3) is 0 Å². The van der Waals surface area contributed by atoms with Crippen LogP contribution in [-0.2, 0) is 18.4 Å². The van der Waals surface area contributed by atoms with Crippen LogP contribution >= 0.6 is 11.8 Å². The Labute approximate surface area is 177 Å². The van der Waals surface area contributed by atoms with Crippen LogP contribution in [0.4, 0.5) is 4.39 Å². The molecule has 0 bridgehead atoms. The van der Waals surface area contributed by atoms with Crippen LogP contribution in [0, 0.1) is 12.7 Å². The maximum Gasteiger partial charge on any atom is 0.230 e. The van der Waals surface area contributed by atoms with Gasteiger partial charge in [-0.3, -0.25) is 4.79 Å². The second-order valence-electron chi connectivity index (χ2n) is 6.91. The number of rotatable bonds is 6. The molecule has 7 nitrogen and oxygen atoms in total. The number of hydrogen-bond donors (Lipinski definition) is 1. The van der Waals surface area contributed by atoms with Crippen molar-refractivity contribution in [3.63, 3.8) is 0 Å². The van der Waals surface area contributed by atoms with Gasteiger partial charge in [-0.05, 0) is 36.2 Å². The summed E-state index contributed by atoms with van der Waals surface area (Å²) in [4.78, 5) is 12.2. The Morgan fingerprint density at radius 1 is 1.27 bits per heavy atom. The zero-order valence-electron chi connectivity index (χ0n) is 16.6. The molecule has 30 heavy (non-hydrogen) atoms. The summed E-state index contributed by atoms with van der Waals surface area (Å²) in [6.07, 6.45) is -0.378. The van der Waals surface area contributed by atoms with E-state index in [4.69, 9.17) is 9.47 Å².